The summed E-state index contributed by atoms with van der Waals surface area (Å²) in [6.45, 7) is 2.86. The molecule has 0 aliphatic rings. The number of tetrazole rings is 1. The maximum atomic E-state index is 3.91. The third-order valence-corrected chi connectivity index (χ3v) is 3.13. The van der Waals surface area contributed by atoms with Crippen LogP contribution in [0.5, 0.6) is 0 Å². The van der Waals surface area contributed by atoms with Crippen molar-refractivity contribution in [1.82, 2.24) is 20.2 Å². The number of nitrogens with one attached hydrogen (secondary N) is 1. The molecule has 0 radical (unpaired) electrons. The van der Waals surface area contributed by atoms with Gasteiger partial charge >= 0.3 is 0 Å². The fraction of sp³-hybridized carbons (Fsp3) is 0.133. The second kappa shape index (κ2) is 5.52. The van der Waals surface area contributed by atoms with Gasteiger partial charge in [-0.2, -0.15) is 0 Å². The fourth-order valence-corrected chi connectivity index (χ4v) is 2.09. The average Bonchev–Trinajstić information content (AvgIpc) is 3.00. The first-order valence-electron chi connectivity index (χ1n) is 6.45. The molecule has 0 saturated heterocycles. The maximum absolute atomic E-state index is 3.91. The Bertz CT molecular complexity index is 677. The zero-order valence-electron chi connectivity index (χ0n) is 11.2. The molecule has 0 aliphatic heterocycles. The van der Waals surface area contributed by atoms with Crippen LogP contribution in [-0.2, 0) is 6.54 Å². The van der Waals surface area contributed by atoms with Crippen molar-refractivity contribution in [3.8, 4) is 5.69 Å². The zero-order valence-corrected chi connectivity index (χ0v) is 11.2. The van der Waals surface area contributed by atoms with E-state index in [0.29, 0.717) is 0 Å². The number of rotatable bonds is 4. The molecule has 100 valence electrons. The summed E-state index contributed by atoms with van der Waals surface area (Å²) < 4.78 is 1.66. The summed E-state index contributed by atoms with van der Waals surface area (Å²) in [6, 6.07) is 16.5. The summed E-state index contributed by atoms with van der Waals surface area (Å²) >= 11 is 0. The van der Waals surface area contributed by atoms with Crippen molar-refractivity contribution in [2.75, 3.05) is 5.32 Å². The van der Waals surface area contributed by atoms with Crippen LogP contribution in [0.1, 0.15) is 11.1 Å². The average molecular weight is 265 g/mol. The highest BCUT2D eigenvalue weighted by Crippen LogP contribution is 2.18. The van der Waals surface area contributed by atoms with Gasteiger partial charge in [0.15, 0.2) is 0 Å². The fourth-order valence-electron chi connectivity index (χ4n) is 2.09. The Morgan fingerprint density at radius 1 is 1.10 bits per heavy atom. The van der Waals surface area contributed by atoms with Gasteiger partial charge in [0.05, 0.1) is 5.69 Å². The van der Waals surface area contributed by atoms with Gasteiger partial charge in [-0.25, -0.2) is 4.68 Å². The molecule has 20 heavy (non-hydrogen) atoms. The number of aryl methyl sites for hydroxylation is 1. The molecule has 0 spiro atoms. The van der Waals surface area contributed by atoms with Gasteiger partial charge < -0.3 is 5.32 Å². The van der Waals surface area contributed by atoms with Crippen LogP contribution in [0.2, 0.25) is 0 Å². The van der Waals surface area contributed by atoms with Crippen molar-refractivity contribution >= 4 is 5.69 Å². The number of hydrogen-bond donors (Lipinski definition) is 1. The summed E-state index contributed by atoms with van der Waals surface area (Å²) in [6.07, 6.45) is 1.60. The molecule has 1 heterocycles. The molecule has 1 aromatic heterocycles. The van der Waals surface area contributed by atoms with Gasteiger partial charge in [-0.1, -0.05) is 30.3 Å². The normalized spacial score (nSPS) is 10.4. The van der Waals surface area contributed by atoms with Gasteiger partial charge in [-0.3, -0.25) is 0 Å². The summed E-state index contributed by atoms with van der Waals surface area (Å²) in [7, 11) is 0. The molecule has 0 atom stereocenters. The third kappa shape index (κ3) is 2.66. The number of benzene rings is 2. The summed E-state index contributed by atoms with van der Waals surface area (Å²) in [5.41, 5.74) is 4.45. The second-order valence-corrected chi connectivity index (χ2v) is 4.59. The number of hydrogen-bond acceptors (Lipinski definition) is 4. The molecule has 3 aromatic rings. The Hall–Kier alpha value is -2.69. The minimum absolute atomic E-state index is 0.810. The lowest BCUT2D eigenvalue weighted by molar-refractivity contribution is 0.785. The minimum atomic E-state index is 0.810. The van der Waals surface area contributed by atoms with E-state index < -0.39 is 0 Å². The van der Waals surface area contributed by atoms with E-state index >= 15 is 0 Å². The van der Waals surface area contributed by atoms with Gasteiger partial charge in [0, 0.05) is 12.2 Å². The molecule has 5 heteroatoms. The molecule has 0 bridgehead atoms. The molecular weight excluding hydrogens is 250 g/mol. The molecular formula is C15H15N5. The predicted molar refractivity (Wildman–Crippen MR) is 77.7 cm³/mol. The molecule has 0 saturated carbocycles. The zero-order chi connectivity index (χ0) is 13.8. The highest BCUT2D eigenvalue weighted by molar-refractivity contribution is 5.53. The van der Waals surface area contributed by atoms with Gasteiger partial charge in [-0.15, -0.1) is 5.10 Å². The predicted octanol–water partition coefficient (Wildman–Crippen LogP) is 2.58. The highest BCUT2D eigenvalue weighted by atomic mass is 15.5. The molecule has 0 unspecified atom stereocenters. The van der Waals surface area contributed by atoms with Crippen LogP contribution in [0.25, 0.3) is 5.69 Å². The Morgan fingerprint density at radius 3 is 2.65 bits per heavy atom. The van der Waals surface area contributed by atoms with Gasteiger partial charge in [0.1, 0.15) is 6.33 Å². The van der Waals surface area contributed by atoms with E-state index in [1.807, 2.05) is 37.3 Å². The lowest BCUT2D eigenvalue weighted by Gasteiger charge is -2.10. The van der Waals surface area contributed by atoms with Crippen LogP contribution in [0.4, 0.5) is 5.69 Å². The first-order valence-corrected chi connectivity index (χ1v) is 6.45. The highest BCUT2D eigenvalue weighted by Gasteiger charge is 2.03. The largest absolute Gasteiger partial charge is 0.381 e. The Labute approximate surface area is 117 Å². The maximum Gasteiger partial charge on any atom is 0.143 e. The van der Waals surface area contributed by atoms with Crippen molar-refractivity contribution in [3.63, 3.8) is 0 Å². The third-order valence-electron chi connectivity index (χ3n) is 3.13. The van der Waals surface area contributed by atoms with Crippen LogP contribution in [0.3, 0.4) is 0 Å². The minimum Gasteiger partial charge on any atom is -0.381 e. The Kier molecular flexibility index (Phi) is 3.41. The number of nitrogens with zero attached hydrogens (tertiary/aromatic N) is 4. The van der Waals surface area contributed by atoms with E-state index in [9.17, 15) is 0 Å². The van der Waals surface area contributed by atoms with Gasteiger partial charge in [0.25, 0.3) is 0 Å². The topological polar surface area (TPSA) is 55.6 Å². The van der Waals surface area contributed by atoms with E-state index in [1.165, 1.54) is 5.56 Å². The summed E-state index contributed by atoms with van der Waals surface area (Å²) in [5, 5.41) is 14.6. The van der Waals surface area contributed by atoms with E-state index in [-0.39, 0.29) is 0 Å². The Morgan fingerprint density at radius 2 is 1.95 bits per heavy atom. The Balaban J connectivity index is 1.74. The van der Waals surface area contributed by atoms with Crippen molar-refractivity contribution in [3.05, 3.63) is 66.0 Å². The lowest BCUT2D eigenvalue weighted by atomic mass is 10.1. The van der Waals surface area contributed by atoms with Crippen LogP contribution in [-0.4, -0.2) is 20.2 Å². The number of anilines is 1. The first kappa shape index (κ1) is 12.3. The van der Waals surface area contributed by atoms with E-state index in [4.69, 9.17) is 0 Å². The van der Waals surface area contributed by atoms with Crippen LogP contribution in [0, 0.1) is 6.92 Å². The monoisotopic (exact) mass is 265 g/mol. The van der Waals surface area contributed by atoms with Crippen molar-refractivity contribution < 1.29 is 0 Å². The van der Waals surface area contributed by atoms with Gasteiger partial charge in [-0.05, 0) is 46.7 Å². The number of aromatic nitrogens is 4. The molecule has 1 N–H and O–H groups in total. The van der Waals surface area contributed by atoms with Crippen molar-refractivity contribution in [1.29, 1.82) is 0 Å². The lowest BCUT2D eigenvalue weighted by Crippen LogP contribution is -2.02. The molecule has 2 aromatic carbocycles. The SMILES string of the molecule is Cc1cc(NCc2ccccc2)ccc1-n1cnnn1. The van der Waals surface area contributed by atoms with Gasteiger partial charge in [0.2, 0.25) is 0 Å². The molecule has 3 rings (SSSR count). The summed E-state index contributed by atoms with van der Waals surface area (Å²) in [5.74, 6) is 0. The first-order chi connectivity index (χ1) is 9.83. The smallest absolute Gasteiger partial charge is 0.143 e. The molecule has 0 fully saturated rings. The van der Waals surface area contributed by atoms with Crippen LogP contribution < -0.4 is 5.32 Å². The van der Waals surface area contributed by atoms with E-state index in [0.717, 1.165) is 23.5 Å². The quantitative estimate of drug-likeness (QED) is 0.787. The van der Waals surface area contributed by atoms with Crippen molar-refractivity contribution in [2.24, 2.45) is 0 Å². The van der Waals surface area contributed by atoms with Crippen LogP contribution in [0.15, 0.2) is 54.9 Å². The van der Waals surface area contributed by atoms with E-state index in [2.05, 4.69) is 39.0 Å². The van der Waals surface area contributed by atoms with Crippen LogP contribution >= 0.6 is 0 Å². The summed E-state index contributed by atoms with van der Waals surface area (Å²) in [4.78, 5) is 0. The molecule has 5 nitrogen and oxygen atoms in total. The standard InChI is InChI=1S/C15H15N5/c1-12-9-14(16-10-13-5-3-2-4-6-13)7-8-15(12)20-11-17-18-19-20/h2-9,11,16H,10H2,1H3. The second-order valence-electron chi connectivity index (χ2n) is 4.59. The van der Waals surface area contributed by atoms with Crippen molar-refractivity contribution in [2.45, 2.75) is 13.5 Å². The molecule has 0 amide bonds. The van der Waals surface area contributed by atoms with E-state index in [1.54, 1.807) is 11.0 Å². The molecule has 0 aliphatic carbocycles.